The molecule has 0 spiro atoms. The minimum Gasteiger partial charge on any atom is -0.271 e. The maximum atomic E-state index is 5.49. The Kier molecular flexibility index (Phi) is 1.29. The zero-order valence-corrected chi connectivity index (χ0v) is 6.56. The summed E-state index contributed by atoms with van der Waals surface area (Å²) < 4.78 is 0. The molecule has 0 aromatic heterocycles. The van der Waals surface area contributed by atoms with Crippen LogP contribution < -0.4 is 11.3 Å². The van der Waals surface area contributed by atoms with Crippen LogP contribution in [-0.4, -0.2) is 6.04 Å². The molecular formula is C8H16N2. The Hall–Kier alpha value is -0.0800. The van der Waals surface area contributed by atoms with Gasteiger partial charge in [0, 0.05) is 6.04 Å². The summed E-state index contributed by atoms with van der Waals surface area (Å²) in [5, 5.41) is 0. The molecule has 2 nitrogen and oxygen atoms in total. The van der Waals surface area contributed by atoms with Gasteiger partial charge in [0.2, 0.25) is 0 Å². The zero-order chi connectivity index (χ0) is 7.19. The lowest BCUT2D eigenvalue weighted by Gasteiger charge is -2.21. The van der Waals surface area contributed by atoms with Crippen LogP contribution >= 0.6 is 0 Å². The molecule has 0 amide bonds. The highest BCUT2D eigenvalue weighted by molar-refractivity contribution is 5.03. The van der Waals surface area contributed by atoms with Crippen molar-refractivity contribution in [3.63, 3.8) is 0 Å². The van der Waals surface area contributed by atoms with Crippen molar-refractivity contribution < 1.29 is 0 Å². The summed E-state index contributed by atoms with van der Waals surface area (Å²) in [6, 6.07) is 0.618. The van der Waals surface area contributed by atoms with Crippen LogP contribution in [0.5, 0.6) is 0 Å². The second kappa shape index (κ2) is 1.95. The SMILES string of the molecule is CC1(C(NN)C2CC2)CC1. The zero-order valence-electron chi connectivity index (χ0n) is 6.56. The summed E-state index contributed by atoms with van der Waals surface area (Å²) >= 11 is 0. The fourth-order valence-corrected chi connectivity index (χ4v) is 1.84. The van der Waals surface area contributed by atoms with Crippen LogP contribution in [0.1, 0.15) is 32.6 Å². The molecule has 0 radical (unpaired) electrons. The van der Waals surface area contributed by atoms with Gasteiger partial charge in [-0.1, -0.05) is 6.92 Å². The molecule has 3 N–H and O–H groups in total. The highest BCUT2D eigenvalue weighted by Crippen LogP contribution is 2.54. The Balaban J connectivity index is 1.97. The van der Waals surface area contributed by atoms with Crippen molar-refractivity contribution in [1.82, 2.24) is 5.43 Å². The van der Waals surface area contributed by atoms with Gasteiger partial charge in [0.25, 0.3) is 0 Å². The van der Waals surface area contributed by atoms with Gasteiger partial charge in [-0.05, 0) is 37.0 Å². The van der Waals surface area contributed by atoms with Gasteiger partial charge in [-0.25, -0.2) is 0 Å². The van der Waals surface area contributed by atoms with Crippen molar-refractivity contribution >= 4 is 0 Å². The smallest absolute Gasteiger partial charge is 0.0292 e. The Labute approximate surface area is 62.1 Å². The number of hydrogen-bond donors (Lipinski definition) is 2. The molecule has 1 atom stereocenters. The van der Waals surface area contributed by atoms with E-state index in [9.17, 15) is 0 Å². The first-order valence-corrected chi connectivity index (χ1v) is 4.22. The van der Waals surface area contributed by atoms with E-state index in [0.29, 0.717) is 11.5 Å². The molecule has 1 unspecified atom stereocenters. The topological polar surface area (TPSA) is 38.0 Å². The molecule has 2 rings (SSSR count). The molecule has 0 saturated heterocycles. The molecule has 2 fully saturated rings. The van der Waals surface area contributed by atoms with E-state index in [4.69, 9.17) is 5.84 Å². The van der Waals surface area contributed by atoms with E-state index in [1.54, 1.807) is 0 Å². The predicted molar refractivity (Wildman–Crippen MR) is 41.2 cm³/mol. The molecule has 2 aliphatic carbocycles. The quantitative estimate of drug-likeness (QED) is 0.454. The maximum Gasteiger partial charge on any atom is 0.0292 e. The van der Waals surface area contributed by atoms with Gasteiger partial charge >= 0.3 is 0 Å². The van der Waals surface area contributed by atoms with Crippen molar-refractivity contribution in [2.75, 3.05) is 0 Å². The van der Waals surface area contributed by atoms with Crippen LogP contribution in [0.25, 0.3) is 0 Å². The third-order valence-corrected chi connectivity index (χ3v) is 3.06. The lowest BCUT2D eigenvalue weighted by atomic mass is 9.95. The summed E-state index contributed by atoms with van der Waals surface area (Å²) in [5.41, 5.74) is 3.53. The predicted octanol–water partition coefficient (Wildman–Crippen LogP) is 1.03. The second-order valence-electron chi connectivity index (χ2n) is 4.14. The Morgan fingerprint density at radius 1 is 1.50 bits per heavy atom. The van der Waals surface area contributed by atoms with Gasteiger partial charge in [0.15, 0.2) is 0 Å². The fourth-order valence-electron chi connectivity index (χ4n) is 1.84. The summed E-state index contributed by atoms with van der Waals surface area (Å²) in [6.07, 6.45) is 5.53. The van der Waals surface area contributed by atoms with Gasteiger partial charge < -0.3 is 0 Å². The molecule has 0 heterocycles. The van der Waals surface area contributed by atoms with Crippen LogP contribution in [0, 0.1) is 11.3 Å². The summed E-state index contributed by atoms with van der Waals surface area (Å²) in [5.74, 6) is 6.39. The maximum absolute atomic E-state index is 5.49. The Bertz CT molecular complexity index is 136. The molecule has 0 aromatic carbocycles. The van der Waals surface area contributed by atoms with E-state index >= 15 is 0 Å². The number of hydrogen-bond acceptors (Lipinski definition) is 2. The van der Waals surface area contributed by atoms with E-state index in [2.05, 4.69) is 12.3 Å². The fraction of sp³-hybridized carbons (Fsp3) is 1.00. The summed E-state index contributed by atoms with van der Waals surface area (Å²) in [4.78, 5) is 0. The summed E-state index contributed by atoms with van der Waals surface area (Å²) in [7, 11) is 0. The third-order valence-electron chi connectivity index (χ3n) is 3.06. The van der Waals surface area contributed by atoms with Crippen molar-refractivity contribution in [2.45, 2.75) is 38.6 Å². The van der Waals surface area contributed by atoms with Crippen LogP contribution in [0.3, 0.4) is 0 Å². The second-order valence-corrected chi connectivity index (χ2v) is 4.14. The van der Waals surface area contributed by atoms with E-state index in [-0.39, 0.29) is 0 Å². The molecular weight excluding hydrogens is 124 g/mol. The molecule has 0 bridgehead atoms. The molecule has 2 saturated carbocycles. The van der Waals surface area contributed by atoms with Gasteiger partial charge in [-0.3, -0.25) is 11.3 Å². The number of nitrogens with two attached hydrogens (primary N) is 1. The average Bonchev–Trinajstić information content (AvgIpc) is 2.70. The normalized spacial score (nSPS) is 31.8. The third kappa shape index (κ3) is 0.956. The van der Waals surface area contributed by atoms with Gasteiger partial charge in [0.05, 0.1) is 0 Å². The summed E-state index contributed by atoms with van der Waals surface area (Å²) in [6.45, 7) is 2.34. The molecule has 2 heteroatoms. The van der Waals surface area contributed by atoms with Crippen molar-refractivity contribution in [2.24, 2.45) is 17.2 Å². The van der Waals surface area contributed by atoms with E-state index in [1.807, 2.05) is 0 Å². The van der Waals surface area contributed by atoms with Gasteiger partial charge in [-0.2, -0.15) is 0 Å². The van der Waals surface area contributed by atoms with Gasteiger partial charge in [-0.15, -0.1) is 0 Å². The number of hydrazine groups is 1. The first kappa shape index (κ1) is 6.62. The lowest BCUT2D eigenvalue weighted by molar-refractivity contribution is 0.326. The molecule has 2 aliphatic rings. The van der Waals surface area contributed by atoms with Gasteiger partial charge in [0.1, 0.15) is 0 Å². The van der Waals surface area contributed by atoms with Crippen LogP contribution in [-0.2, 0) is 0 Å². The monoisotopic (exact) mass is 140 g/mol. The first-order chi connectivity index (χ1) is 4.76. The first-order valence-electron chi connectivity index (χ1n) is 4.22. The highest BCUT2D eigenvalue weighted by Gasteiger charge is 2.50. The molecule has 0 aromatic rings. The molecule has 10 heavy (non-hydrogen) atoms. The Morgan fingerprint density at radius 2 is 2.10 bits per heavy atom. The van der Waals surface area contributed by atoms with E-state index in [0.717, 1.165) is 5.92 Å². The minimum absolute atomic E-state index is 0.565. The number of nitrogens with one attached hydrogen (secondary N) is 1. The van der Waals surface area contributed by atoms with Crippen LogP contribution in [0.2, 0.25) is 0 Å². The van der Waals surface area contributed by atoms with Crippen molar-refractivity contribution in [3.8, 4) is 0 Å². The minimum atomic E-state index is 0.565. The van der Waals surface area contributed by atoms with E-state index < -0.39 is 0 Å². The van der Waals surface area contributed by atoms with Crippen molar-refractivity contribution in [3.05, 3.63) is 0 Å². The average molecular weight is 140 g/mol. The van der Waals surface area contributed by atoms with Crippen molar-refractivity contribution in [1.29, 1.82) is 0 Å². The molecule has 0 aliphatic heterocycles. The Morgan fingerprint density at radius 3 is 2.40 bits per heavy atom. The van der Waals surface area contributed by atoms with E-state index in [1.165, 1.54) is 25.7 Å². The lowest BCUT2D eigenvalue weighted by Crippen LogP contribution is -2.42. The molecule has 58 valence electrons. The standard InChI is InChI=1S/C8H16N2/c1-8(4-5-8)7(10-9)6-2-3-6/h6-7,10H,2-5,9H2,1H3. The largest absolute Gasteiger partial charge is 0.271 e. The highest BCUT2D eigenvalue weighted by atomic mass is 15.2. The number of rotatable bonds is 3. The van der Waals surface area contributed by atoms with Crippen LogP contribution in [0.15, 0.2) is 0 Å². The van der Waals surface area contributed by atoms with Crippen LogP contribution in [0.4, 0.5) is 0 Å².